The normalized spacial score (nSPS) is 15.9. The maximum Gasteiger partial charge on any atom is 0.245 e. The summed E-state index contributed by atoms with van der Waals surface area (Å²) in [5.41, 5.74) is 6.14. The molecule has 0 saturated carbocycles. The van der Waals surface area contributed by atoms with E-state index in [0.717, 1.165) is 65.4 Å². The number of aryl methyl sites for hydroxylation is 1. The highest BCUT2D eigenvalue weighted by molar-refractivity contribution is 5.91. The van der Waals surface area contributed by atoms with Gasteiger partial charge in [0.25, 0.3) is 0 Å². The van der Waals surface area contributed by atoms with Gasteiger partial charge in [-0.15, -0.1) is 0 Å². The molecule has 2 aliphatic heterocycles. The number of likely N-dealkylation sites (tertiary alicyclic amines) is 1. The van der Waals surface area contributed by atoms with Gasteiger partial charge >= 0.3 is 0 Å². The molecule has 1 amide bonds. The molecule has 1 spiro atoms. The molecule has 0 unspecified atom stereocenters. The predicted octanol–water partition coefficient (Wildman–Crippen LogP) is 3.12. The largest absolute Gasteiger partial charge is 0.496 e. The Morgan fingerprint density at radius 2 is 1.92 bits per heavy atom. The summed E-state index contributed by atoms with van der Waals surface area (Å²) < 4.78 is 9.35. The Morgan fingerprint density at radius 1 is 1.11 bits per heavy atom. The van der Waals surface area contributed by atoms with Gasteiger partial charge < -0.3 is 14.5 Å². The fraction of sp³-hybridized carbons (Fsp3) is 0.259. The van der Waals surface area contributed by atoms with Gasteiger partial charge in [0.1, 0.15) is 11.8 Å². The molecule has 9 heteroatoms. The molecule has 6 rings (SSSR count). The molecule has 180 valence electrons. The number of amides is 1. The number of aromatic nitrogens is 4. The van der Waals surface area contributed by atoms with Crippen molar-refractivity contribution in [2.75, 3.05) is 38.2 Å². The van der Waals surface area contributed by atoms with E-state index < -0.39 is 0 Å². The lowest BCUT2D eigenvalue weighted by Crippen LogP contribution is -2.73. The van der Waals surface area contributed by atoms with E-state index in [9.17, 15) is 10.1 Å². The van der Waals surface area contributed by atoms with Crippen molar-refractivity contribution < 1.29 is 9.53 Å². The van der Waals surface area contributed by atoms with Gasteiger partial charge in [-0.25, -0.2) is 4.52 Å². The Hall–Kier alpha value is -4.58. The SMILES string of the molecule is C=CC(=O)N1CC2(C1)CN(c1ccc(-c3cc(-c4cnn(C)c4)cn4ncc(C#N)c34)c(OC)c1)C2. The molecule has 36 heavy (non-hydrogen) atoms. The van der Waals surface area contributed by atoms with Crippen LogP contribution in [-0.2, 0) is 11.8 Å². The topological polar surface area (TPSA) is 91.7 Å². The van der Waals surface area contributed by atoms with Crippen molar-refractivity contribution in [1.82, 2.24) is 24.3 Å². The number of ether oxygens (including phenoxy) is 1. The van der Waals surface area contributed by atoms with E-state index >= 15 is 0 Å². The summed E-state index contributed by atoms with van der Waals surface area (Å²) in [5.74, 6) is 0.724. The zero-order valence-electron chi connectivity index (χ0n) is 20.2. The highest BCUT2D eigenvalue weighted by Gasteiger charge is 2.52. The van der Waals surface area contributed by atoms with Crippen LogP contribution in [0.5, 0.6) is 5.75 Å². The first-order valence-electron chi connectivity index (χ1n) is 11.7. The first kappa shape index (κ1) is 21.9. The van der Waals surface area contributed by atoms with Crippen LogP contribution in [0.3, 0.4) is 0 Å². The number of nitriles is 1. The number of pyridine rings is 1. The van der Waals surface area contributed by atoms with Crippen molar-refractivity contribution in [3.8, 4) is 34.1 Å². The number of nitrogens with zero attached hydrogens (tertiary/aromatic N) is 7. The van der Waals surface area contributed by atoms with E-state index in [1.54, 1.807) is 22.5 Å². The van der Waals surface area contributed by atoms with E-state index in [-0.39, 0.29) is 11.3 Å². The van der Waals surface area contributed by atoms with Crippen LogP contribution >= 0.6 is 0 Å². The minimum absolute atomic E-state index is 0.00142. The molecule has 2 saturated heterocycles. The summed E-state index contributed by atoms with van der Waals surface area (Å²) in [6.07, 6.45) is 8.64. The standard InChI is InChI=1S/C27H25N7O2/c1-4-25(35)33-16-27(17-33)14-32(15-27)21-5-6-22(24(8-21)36-3)23-7-18(20-11-29-31(2)12-20)13-34-26(23)19(9-28)10-30-34/h4-8,10-13H,1,14-17H2,2-3H3. The second-order valence-corrected chi connectivity index (χ2v) is 9.65. The predicted molar refractivity (Wildman–Crippen MR) is 136 cm³/mol. The van der Waals surface area contributed by atoms with Crippen LogP contribution in [0.2, 0.25) is 0 Å². The molecule has 0 bridgehead atoms. The van der Waals surface area contributed by atoms with Crippen molar-refractivity contribution in [3.63, 3.8) is 0 Å². The lowest BCUT2D eigenvalue weighted by Gasteiger charge is -2.60. The minimum atomic E-state index is 0.00142. The van der Waals surface area contributed by atoms with Gasteiger partial charge in [0, 0.05) is 85.0 Å². The number of carbonyl (C=O) groups is 1. The molecule has 0 N–H and O–H groups in total. The Labute approximate surface area is 208 Å². The van der Waals surface area contributed by atoms with E-state index in [1.165, 1.54) is 6.08 Å². The number of carbonyl (C=O) groups excluding carboxylic acids is 1. The van der Waals surface area contributed by atoms with Gasteiger partial charge in [-0.05, 0) is 24.3 Å². The molecule has 1 aromatic carbocycles. The van der Waals surface area contributed by atoms with Gasteiger partial charge in [0.2, 0.25) is 5.91 Å². The summed E-state index contributed by atoms with van der Waals surface area (Å²) in [6.45, 7) is 6.94. The third kappa shape index (κ3) is 3.33. The maximum absolute atomic E-state index is 11.8. The molecule has 0 aliphatic carbocycles. The number of benzene rings is 1. The zero-order chi connectivity index (χ0) is 25.0. The molecular formula is C27H25N7O2. The minimum Gasteiger partial charge on any atom is -0.496 e. The van der Waals surface area contributed by atoms with E-state index in [4.69, 9.17) is 4.74 Å². The van der Waals surface area contributed by atoms with E-state index in [0.29, 0.717) is 5.56 Å². The van der Waals surface area contributed by atoms with Crippen LogP contribution in [0.15, 0.2) is 61.7 Å². The Balaban J connectivity index is 1.35. The van der Waals surface area contributed by atoms with Crippen LogP contribution in [-0.4, -0.2) is 63.5 Å². The molecular weight excluding hydrogens is 454 g/mol. The summed E-state index contributed by atoms with van der Waals surface area (Å²) in [5, 5.41) is 18.5. The number of hydrogen-bond donors (Lipinski definition) is 0. The third-order valence-electron chi connectivity index (χ3n) is 7.20. The second kappa shape index (κ2) is 7.99. The third-order valence-corrected chi connectivity index (χ3v) is 7.20. The lowest BCUT2D eigenvalue weighted by atomic mass is 9.72. The van der Waals surface area contributed by atoms with Gasteiger partial charge in [0.15, 0.2) is 0 Å². The molecule has 5 heterocycles. The molecule has 3 aromatic heterocycles. The van der Waals surface area contributed by atoms with E-state index in [1.807, 2.05) is 42.7 Å². The van der Waals surface area contributed by atoms with Crippen LogP contribution < -0.4 is 9.64 Å². The molecule has 2 aliphatic rings. The van der Waals surface area contributed by atoms with Gasteiger partial charge in [-0.2, -0.15) is 15.5 Å². The Kier molecular flexibility index (Phi) is 4.86. The van der Waals surface area contributed by atoms with E-state index in [2.05, 4.69) is 39.9 Å². The van der Waals surface area contributed by atoms with Crippen molar-refractivity contribution in [3.05, 3.63) is 67.3 Å². The van der Waals surface area contributed by atoms with Gasteiger partial charge in [-0.3, -0.25) is 9.48 Å². The van der Waals surface area contributed by atoms with Crippen LogP contribution in [0, 0.1) is 16.7 Å². The number of hydrogen-bond acceptors (Lipinski definition) is 6. The first-order valence-corrected chi connectivity index (χ1v) is 11.7. The number of rotatable bonds is 5. The smallest absolute Gasteiger partial charge is 0.245 e. The maximum atomic E-state index is 11.8. The highest BCUT2D eigenvalue weighted by atomic mass is 16.5. The quantitative estimate of drug-likeness (QED) is 0.409. The Bertz CT molecular complexity index is 1560. The molecule has 0 radical (unpaired) electrons. The zero-order valence-corrected chi connectivity index (χ0v) is 20.2. The average Bonchev–Trinajstić information content (AvgIpc) is 3.47. The van der Waals surface area contributed by atoms with Crippen LogP contribution in [0.1, 0.15) is 5.56 Å². The fourth-order valence-corrected chi connectivity index (χ4v) is 5.43. The summed E-state index contributed by atoms with van der Waals surface area (Å²) in [7, 11) is 3.54. The molecule has 9 nitrogen and oxygen atoms in total. The second-order valence-electron chi connectivity index (χ2n) is 9.65. The highest BCUT2D eigenvalue weighted by Crippen LogP contribution is 2.44. The lowest BCUT2D eigenvalue weighted by molar-refractivity contribution is -0.139. The summed E-state index contributed by atoms with van der Waals surface area (Å²) >= 11 is 0. The molecule has 2 fully saturated rings. The van der Waals surface area contributed by atoms with Crippen molar-refractivity contribution in [2.45, 2.75) is 0 Å². The Morgan fingerprint density at radius 3 is 2.58 bits per heavy atom. The van der Waals surface area contributed by atoms with Crippen molar-refractivity contribution >= 4 is 17.1 Å². The molecule has 0 atom stereocenters. The average molecular weight is 480 g/mol. The summed E-state index contributed by atoms with van der Waals surface area (Å²) in [4.78, 5) is 16.0. The summed E-state index contributed by atoms with van der Waals surface area (Å²) in [6, 6.07) is 10.5. The number of fused-ring (bicyclic) bond motifs is 1. The first-order chi connectivity index (χ1) is 17.4. The molecule has 4 aromatic rings. The van der Waals surface area contributed by atoms with Gasteiger partial charge in [-0.1, -0.05) is 6.58 Å². The van der Waals surface area contributed by atoms with Crippen LogP contribution in [0.4, 0.5) is 5.69 Å². The van der Waals surface area contributed by atoms with Crippen molar-refractivity contribution in [1.29, 1.82) is 5.26 Å². The number of anilines is 1. The fourth-order valence-electron chi connectivity index (χ4n) is 5.43. The monoisotopic (exact) mass is 479 g/mol. The van der Waals surface area contributed by atoms with Gasteiger partial charge in [0.05, 0.1) is 30.6 Å². The van der Waals surface area contributed by atoms with Crippen LogP contribution in [0.25, 0.3) is 27.8 Å². The van der Waals surface area contributed by atoms with Crippen molar-refractivity contribution in [2.24, 2.45) is 12.5 Å². The number of methoxy groups -OCH3 is 1.